The van der Waals surface area contributed by atoms with E-state index in [0.717, 1.165) is 25.7 Å². The van der Waals surface area contributed by atoms with Crippen molar-refractivity contribution >= 4 is 5.97 Å². The molecule has 1 aliphatic rings. The molecule has 1 saturated carbocycles. The lowest BCUT2D eigenvalue weighted by Gasteiger charge is -2.28. The standard InChI is InChI=1S/C15H21NO2/c16-10-12-3-7-14(8-4-12)13-5-1-11(2-6-13)9-15(17)18/h3-4,7-8,11,13H,1-2,5-6,9-10,16H2,(H,17,18). The van der Waals surface area contributed by atoms with Crippen molar-refractivity contribution in [3.8, 4) is 0 Å². The second kappa shape index (κ2) is 6.01. The van der Waals surface area contributed by atoms with Crippen LogP contribution in [0.3, 0.4) is 0 Å². The minimum Gasteiger partial charge on any atom is -0.481 e. The molecule has 0 spiro atoms. The van der Waals surface area contributed by atoms with E-state index >= 15 is 0 Å². The third-order valence-corrected chi connectivity index (χ3v) is 4.00. The molecule has 18 heavy (non-hydrogen) atoms. The Morgan fingerprint density at radius 1 is 1.17 bits per heavy atom. The van der Waals surface area contributed by atoms with Crippen LogP contribution in [0.15, 0.2) is 24.3 Å². The highest BCUT2D eigenvalue weighted by Crippen LogP contribution is 2.36. The lowest BCUT2D eigenvalue weighted by Crippen LogP contribution is -2.16. The zero-order valence-electron chi connectivity index (χ0n) is 10.6. The quantitative estimate of drug-likeness (QED) is 0.860. The zero-order chi connectivity index (χ0) is 13.0. The smallest absolute Gasteiger partial charge is 0.303 e. The number of nitrogens with two attached hydrogens (primary N) is 1. The SMILES string of the molecule is NCc1ccc(C2CCC(CC(=O)O)CC2)cc1. The van der Waals surface area contributed by atoms with Crippen LogP contribution >= 0.6 is 0 Å². The molecule has 0 atom stereocenters. The monoisotopic (exact) mass is 247 g/mol. The van der Waals surface area contributed by atoms with Crippen molar-refractivity contribution in [2.24, 2.45) is 11.7 Å². The molecule has 1 aromatic rings. The van der Waals surface area contributed by atoms with Crippen LogP contribution in [0.1, 0.15) is 49.1 Å². The molecule has 0 bridgehead atoms. The van der Waals surface area contributed by atoms with Crippen LogP contribution in [0.2, 0.25) is 0 Å². The van der Waals surface area contributed by atoms with Crippen molar-refractivity contribution in [2.75, 3.05) is 0 Å². The number of aliphatic carboxylic acids is 1. The summed E-state index contributed by atoms with van der Waals surface area (Å²) in [5, 5.41) is 8.79. The van der Waals surface area contributed by atoms with E-state index in [0.29, 0.717) is 24.8 Å². The van der Waals surface area contributed by atoms with Gasteiger partial charge in [0.2, 0.25) is 0 Å². The van der Waals surface area contributed by atoms with Crippen molar-refractivity contribution in [2.45, 2.75) is 44.6 Å². The number of carbonyl (C=O) groups is 1. The summed E-state index contributed by atoms with van der Waals surface area (Å²) in [7, 11) is 0. The summed E-state index contributed by atoms with van der Waals surface area (Å²) in [5.74, 6) is 0.315. The van der Waals surface area contributed by atoms with Crippen LogP contribution in [-0.2, 0) is 11.3 Å². The van der Waals surface area contributed by atoms with Crippen LogP contribution in [0, 0.1) is 5.92 Å². The molecule has 0 aromatic heterocycles. The summed E-state index contributed by atoms with van der Waals surface area (Å²) in [6.45, 7) is 0.589. The Morgan fingerprint density at radius 2 is 1.78 bits per heavy atom. The van der Waals surface area contributed by atoms with Gasteiger partial charge in [-0.25, -0.2) is 0 Å². The third kappa shape index (κ3) is 3.33. The molecule has 0 saturated heterocycles. The molecule has 0 heterocycles. The van der Waals surface area contributed by atoms with Gasteiger partial charge < -0.3 is 10.8 Å². The van der Waals surface area contributed by atoms with E-state index in [-0.39, 0.29) is 0 Å². The Kier molecular flexibility index (Phi) is 4.37. The van der Waals surface area contributed by atoms with E-state index in [4.69, 9.17) is 10.8 Å². The topological polar surface area (TPSA) is 63.3 Å². The maximum Gasteiger partial charge on any atom is 0.303 e. The Hall–Kier alpha value is -1.35. The van der Waals surface area contributed by atoms with Crippen LogP contribution in [0.25, 0.3) is 0 Å². The second-order valence-corrected chi connectivity index (χ2v) is 5.26. The highest BCUT2D eigenvalue weighted by molar-refractivity contribution is 5.67. The van der Waals surface area contributed by atoms with Gasteiger partial charge in [0, 0.05) is 13.0 Å². The van der Waals surface area contributed by atoms with E-state index in [2.05, 4.69) is 24.3 Å². The molecule has 1 fully saturated rings. The fourth-order valence-corrected chi connectivity index (χ4v) is 2.87. The first kappa shape index (κ1) is 13.1. The van der Waals surface area contributed by atoms with E-state index in [1.54, 1.807) is 0 Å². The predicted molar refractivity (Wildman–Crippen MR) is 71.3 cm³/mol. The lowest BCUT2D eigenvalue weighted by molar-refractivity contribution is -0.138. The summed E-state index contributed by atoms with van der Waals surface area (Å²) < 4.78 is 0. The molecule has 3 N–H and O–H groups in total. The number of benzene rings is 1. The highest BCUT2D eigenvalue weighted by atomic mass is 16.4. The van der Waals surface area contributed by atoms with Crippen LogP contribution in [-0.4, -0.2) is 11.1 Å². The van der Waals surface area contributed by atoms with Crippen molar-refractivity contribution < 1.29 is 9.90 Å². The predicted octanol–water partition coefficient (Wildman–Crippen LogP) is 2.89. The minimum absolute atomic E-state index is 0.332. The molecule has 0 amide bonds. The third-order valence-electron chi connectivity index (χ3n) is 4.00. The molecule has 2 rings (SSSR count). The fraction of sp³-hybridized carbons (Fsp3) is 0.533. The van der Waals surface area contributed by atoms with Crippen molar-refractivity contribution in [3.63, 3.8) is 0 Å². The molecule has 3 heteroatoms. The molecule has 3 nitrogen and oxygen atoms in total. The van der Waals surface area contributed by atoms with E-state index < -0.39 is 5.97 Å². The van der Waals surface area contributed by atoms with Gasteiger partial charge in [-0.05, 0) is 48.6 Å². The van der Waals surface area contributed by atoms with E-state index in [1.165, 1.54) is 11.1 Å². The maximum atomic E-state index is 10.7. The molecule has 0 aliphatic heterocycles. The Morgan fingerprint density at radius 3 is 2.28 bits per heavy atom. The van der Waals surface area contributed by atoms with Gasteiger partial charge in [-0.3, -0.25) is 4.79 Å². The Bertz CT molecular complexity index is 391. The molecular weight excluding hydrogens is 226 g/mol. The number of hydrogen-bond acceptors (Lipinski definition) is 2. The highest BCUT2D eigenvalue weighted by Gasteiger charge is 2.23. The normalized spacial score (nSPS) is 23.8. The van der Waals surface area contributed by atoms with Crippen LogP contribution in [0.4, 0.5) is 0 Å². The molecule has 0 radical (unpaired) electrons. The largest absolute Gasteiger partial charge is 0.481 e. The van der Waals surface area contributed by atoms with Crippen LogP contribution < -0.4 is 5.73 Å². The van der Waals surface area contributed by atoms with Gasteiger partial charge in [0.25, 0.3) is 0 Å². The average Bonchev–Trinajstić information content (AvgIpc) is 2.39. The first-order chi connectivity index (χ1) is 8.69. The van der Waals surface area contributed by atoms with Gasteiger partial charge in [0.15, 0.2) is 0 Å². The number of hydrogen-bond donors (Lipinski definition) is 2. The summed E-state index contributed by atoms with van der Waals surface area (Å²) in [4.78, 5) is 10.7. The summed E-state index contributed by atoms with van der Waals surface area (Å²) >= 11 is 0. The molecule has 1 aromatic carbocycles. The van der Waals surface area contributed by atoms with Gasteiger partial charge >= 0.3 is 5.97 Å². The van der Waals surface area contributed by atoms with Crippen molar-refractivity contribution in [1.29, 1.82) is 0 Å². The molecular formula is C15H21NO2. The first-order valence-corrected chi connectivity index (χ1v) is 6.69. The fourth-order valence-electron chi connectivity index (χ4n) is 2.87. The van der Waals surface area contributed by atoms with Crippen molar-refractivity contribution in [1.82, 2.24) is 0 Å². The summed E-state index contributed by atoms with van der Waals surface area (Å²) in [5.41, 5.74) is 8.13. The lowest BCUT2D eigenvalue weighted by atomic mass is 9.77. The number of rotatable bonds is 4. The van der Waals surface area contributed by atoms with Gasteiger partial charge in [-0.2, -0.15) is 0 Å². The maximum absolute atomic E-state index is 10.7. The summed E-state index contributed by atoms with van der Waals surface area (Å²) in [6, 6.07) is 8.53. The van der Waals surface area contributed by atoms with Gasteiger partial charge in [-0.15, -0.1) is 0 Å². The zero-order valence-corrected chi connectivity index (χ0v) is 10.6. The number of carboxylic acid groups (broad SMARTS) is 1. The average molecular weight is 247 g/mol. The molecule has 0 unspecified atom stereocenters. The first-order valence-electron chi connectivity index (χ1n) is 6.69. The van der Waals surface area contributed by atoms with E-state index in [9.17, 15) is 4.79 Å². The molecule has 98 valence electrons. The van der Waals surface area contributed by atoms with Gasteiger partial charge in [0.1, 0.15) is 0 Å². The van der Waals surface area contributed by atoms with Gasteiger partial charge in [0.05, 0.1) is 0 Å². The van der Waals surface area contributed by atoms with Crippen molar-refractivity contribution in [3.05, 3.63) is 35.4 Å². The summed E-state index contributed by atoms with van der Waals surface area (Å²) in [6.07, 6.45) is 4.63. The Balaban J connectivity index is 1.90. The van der Waals surface area contributed by atoms with Gasteiger partial charge in [-0.1, -0.05) is 24.3 Å². The second-order valence-electron chi connectivity index (χ2n) is 5.26. The Labute approximate surface area is 108 Å². The van der Waals surface area contributed by atoms with E-state index in [1.807, 2.05) is 0 Å². The minimum atomic E-state index is -0.661. The molecule has 1 aliphatic carbocycles. The van der Waals surface area contributed by atoms with Crippen LogP contribution in [0.5, 0.6) is 0 Å². The number of carboxylic acids is 1.